The normalized spacial score (nSPS) is 12.2. The van der Waals surface area contributed by atoms with Crippen LogP contribution in [0.3, 0.4) is 0 Å². The van der Waals surface area contributed by atoms with E-state index in [0.29, 0.717) is 0 Å². The first-order chi connectivity index (χ1) is 7.52. The largest absolute Gasteiger partial charge is 0.504 e. The van der Waals surface area contributed by atoms with Crippen molar-refractivity contribution in [2.75, 3.05) is 13.7 Å². The minimum absolute atomic E-state index is 0.0796. The molecule has 1 rings (SSSR count). The number of aliphatic carboxylic acids is 1. The Morgan fingerprint density at radius 3 is 2.69 bits per heavy atom. The second-order valence-corrected chi connectivity index (χ2v) is 3.55. The molecule has 0 spiro atoms. The molecule has 0 saturated heterocycles. The van der Waals surface area contributed by atoms with Crippen molar-refractivity contribution in [3.8, 4) is 11.5 Å². The number of carboxylic acids is 1. The first-order valence-electron chi connectivity index (χ1n) is 4.51. The van der Waals surface area contributed by atoms with Crippen molar-refractivity contribution >= 4 is 17.6 Å². The van der Waals surface area contributed by atoms with Crippen molar-refractivity contribution in [1.82, 2.24) is 0 Å². The van der Waals surface area contributed by atoms with Gasteiger partial charge in [-0.25, -0.2) is 0 Å². The maximum atomic E-state index is 10.9. The van der Waals surface area contributed by atoms with Gasteiger partial charge in [-0.2, -0.15) is 0 Å². The lowest BCUT2D eigenvalue weighted by Gasteiger charge is -2.15. The van der Waals surface area contributed by atoms with Crippen molar-refractivity contribution in [1.29, 1.82) is 0 Å². The quantitative estimate of drug-likeness (QED) is 0.741. The molecule has 0 aliphatic heterocycles. The highest BCUT2D eigenvalue weighted by atomic mass is 35.5. The maximum absolute atomic E-state index is 10.9. The Hall–Kier alpha value is -1.46. The van der Waals surface area contributed by atoms with Crippen molar-refractivity contribution < 1.29 is 19.7 Å². The molecule has 16 heavy (non-hydrogen) atoms. The summed E-state index contributed by atoms with van der Waals surface area (Å²) in [6.07, 6.45) is 0. The molecule has 0 aliphatic carbocycles. The molecule has 0 bridgehead atoms. The molecule has 0 saturated carbocycles. The van der Waals surface area contributed by atoms with Gasteiger partial charge in [0.15, 0.2) is 11.5 Å². The van der Waals surface area contributed by atoms with Crippen molar-refractivity contribution in [2.24, 2.45) is 5.73 Å². The summed E-state index contributed by atoms with van der Waals surface area (Å²) in [5.74, 6) is -2.32. The number of hydrogen-bond donors (Lipinski definition) is 3. The summed E-state index contributed by atoms with van der Waals surface area (Å²) in [6, 6.07) is 2.91. The van der Waals surface area contributed by atoms with E-state index in [2.05, 4.69) is 0 Å². The fourth-order valence-electron chi connectivity index (χ4n) is 1.40. The number of phenols is 1. The highest BCUT2D eigenvalue weighted by Gasteiger charge is 2.26. The fraction of sp³-hybridized carbons (Fsp3) is 0.300. The van der Waals surface area contributed by atoms with Crippen molar-refractivity contribution in [2.45, 2.75) is 5.92 Å². The van der Waals surface area contributed by atoms with Crippen LogP contribution in [0.15, 0.2) is 12.1 Å². The number of rotatable bonds is 4. The number of methoxy groups -OCH3 is 1. The number of hydrogen-bond acceptors (Lipinski definition) is 4. The maximum Gasteiger partial charge on any atom is 0.312 e. The van der Waals surface area contributed by atoms with E-state index in [9.17, 15) is 9.90 Å². The lowest BCUT2D eigenvalue weighted by Crippen LogP contribution is -2.21. The minimum Gasteiger partial charge on any atom is -0.504 e. The van der Waals surface area contributed by atoms with E-state index in [-0.39, 0.29) is 28.6 Å². The predicted octanol–water partition coefficient (Wildman–Crippen LogP) is 1.18. The highest BCUT2D eigenvalue weighted by Crippen LogP contribution is 2.39. The van der Waals surface area contributed by atoms with Crippen LogP contribution in [0.2, 0.25) is 5.02 Å². The molecule has 5 nitrogen and oxygen atoms in total. The van der Waals surface area contributed by atoms with Crippen LogP contribution in [0.4, 0.5) is 0 Å². The predicted molar refractivity (Wildman–Crippen MR) is 59.1 cm³/mol. The van der Waals surface area contributed by atoms with Crippen LogP contribution in [0.5, 0.6) is 11.5 Å². The number of nitrogens with two attached hydrogens (primary N) is 1. The first-order valence-corrected chi connectivity index (χ1v) is 4.89. The van der Waals surface area contributed by atoms with Gasteiger partial charge in [-0.05, 0) is 12.1 Å². The molecule has 1 atom stereocenters. The second-order valence-electron chi connectivity index (χ2n) is 3.14. The van der Waals surface area contributed by atoms with Gasteiger partial charge in [0, 0.05) is 17.1 Å². The number of ether oxygens (including phenoxy) is 1. The van der Waals surface area contributed by atoms with Crippen LogP contribution >= 0.6 is 11.6 Å². The zero-order valence-corrected chi connectivity index (χ0v) is 9.36. The van der Waals surface area contributed by atoms with E-state index in [4.69, 9.17) is 27.2 Å². The molecule has 0 aliphatic rings. The van der Waals surface area contributed by atoms with Gasteiger partial charge in [0.1, 0.15) is 0 Å². The Morgan fingerprint density at radius 2 is 2.25 bits per heavy atom. The third-order valence-corrected chi connectivity index (χ3v) is 2.56. The van der Waals surface area contributed by atoms with Crippen LogP contribution in [-0.2, 0) is 4.79 Å². The van der Waals surface area contributed by atoms with Crippen LogP contribution in [-0.4, -0.2) is 29.8 Å². The average Bonchev–Trinajstić information content (AvgIpc) is 2.23. The SMILES string of the molecule is COc1ccc(Cl)c(C(CN)C(=O)O)c1O. The van der Waals surface area contributed by atoms with Gasteiger partial charge in [0.05, 0.1) is 13.0 Å². The summed E-state index contributed by atoms with van der Waals surface area (Å²) in [5, 5.41) is 18.9. The summed E-state index contributed by atoms with van der Waals surface area (Å²) in [7, 11) is 1.37. The Kier molecular flexibility index (Phi) is 3.98. The molecule has 4 N–H and O–H groups in total. The number of carbonyl (C=O) groups is 1. The molecule has 6 heteroatoms. The van der Waals surface area contributed by atoms with E-state index >= 15 is 0 Å². The van der Waals surface area contributed by atoms with Crippen LogP contribution in [0, 0.1) is 0 Å². The van der Waals surface area contributed by atoms with E-state index < -0.39 is 11.9 Å². The van der Waals surface area contributed by atoms with Crippen molar-refractivity contribution in [3.63, 3.8) is 0 Å². The summed E-state index contributed by atoms with van der Waals surface area (Å²) in [5.41, 5.74) is 5.42. The van der Waals surface area contributed by atoms with Gasteiger partial charge in [-0.15, -0.1) is 0 Å². The topological polar surface area (TPSA) is 92.8 Å². The molecule has 0 fully saturated rings. The Bertz CT molecular complexity index is 408. The molecule has 0 radical (unpaired) electrons. The van der Waals surface area contributed by atoms with Crippen LogP contribution < -0.4 is 10.5 Å². The van der Waals surface area contributed by atoms with Crippen molar-refractivity contribution in [3.05, 3.63) is 22.7 Å². The van der Waals surface area contributed by atoms with E-state index in [1.165, 1.54) is 19.2 Å². The fourth-order valence-corrected chi connectivity index (χ4v) is 1.69. The minimum atomic E-state index is -1.15. The molecule has 0 amide bonds. The molecule has 0 aromatic heterocycles. The number of phenolic OH excluding ortho intramolecular Hbond substituents is 1. The first kappa shape index (κ1) is 12.6. The average molecular weight is 246 g/mol. The monoisotopic (exact) mass is 245 g/mol. The summed E-state index contributed by atoms with van der Waals surface area (Å²) >= 11 is 5.84. The third-order valence-electron chi connectivity index (χ3n) is 2.23. The summed E-state index contributed by atoms with van der Waals surface area (Å²) < 4.78 is 4.87. The molecule has 1 aromatic carbocycles. The number of aromatic hydroxyl groups is 1. The van der Waals surface area contributed by atoms with Gasteiger partial charge < -0.3 is 20.7 Å². The Labute approximate surface area is 97.4 Å². The highest BCUT2D eigenvalue weighted by molar-refractivity contribution is 6.32. The van der Waals surface area contributed by atoms with Gasteiger partial charge in [0.25, 0.3) is 0 Å². The van der Waals surface area contributed by atoms with Gasteiger partial charge in [-0.3, -0.25) is 4.79 Å². The number of carboxylic acid groups (broad SMARTS) is 1. The molecular formula is C10H12ClNO4. The van der Waals surface area contributed by atoms with Gasteiger partial charge in [0.2, 0.25) is 0 Å². The smallest absolute Gasteiger partial charge is 0.312 e. The van der Waals surface area contributed by atoms with Gasteiger partial charge in [-0.1, -0.05) is 11.6 Å². The molecule has 1 unspecified atom stereocenters. The Balaban J connectivity index is 3.35. The summed E-state index contributed by atoms with van der Waals surface area (Å²) in [4.78, 5) is 10.9. The zero-order chi connectivity index (χ0) is 12.3. The second kappa shape index (κ2) is 5.05. The third kappa shape index (κ3) is 2.20. The zero-order valence-electron chi connectivity index (χ0n) is 8.61. The van der Waals surface area contributed by atoms with E-state index in [1.807, 2.05) is 0 Å². The van der Waals surface area contributed by atoms with Crippen LogP contribution in [0.25, 0.3) is 0 Å². The molecule has 88 valence electrons. The molecule has 1 aromatic rings. The summed E-state index contributed by atoms with van der Waals surface area (Å²) in [6.45, 7) is -0.157. The Morgan fingerprint density at radius 1 is 1.62 bits per heavy atom. The van der Waals surface area contributed by atoms with Crippen LogP contribution in [0.1, 0.15) is 11.5 Å². The van der Waals surface area contributed by atoms with E-state index in [1.54, 1.807) is 0 Å². The van der Waals surface area contributed by atoms with Gasteiger partial charge >= 0.3 is 5.97 Å². The molecule has 0 heterocycles. The lowest BCUT2D eigenvalue weighted by molar-refractivity contribution is -0.138. The number of halogens is 1. The number of benzene rings is 1. The standard InChI is InChI=1S/C10H12ClNO4/c1-16-7-3-2-6(11)8(9(7)13)5(4-12)10(14)15/h2-3,5,13H,4,12H2,1H3,(H,14,15). The molecular weight excluding hydrogens is 234 g/mol. The van der Waals surface area contributed by atoms with E-state index in [0.717, 1.165) is 0 Å². The lowest BCUT2D eigenvalue weighted by atomic mass is 9.98.